The van der Waals surface area contributed by atoms with E-state index in [2.05, 4.69) is 16.2 Å². The van der Waals surface area contributed by atoms with Crippen LogP contribution in [0.5, 0.6) is 0 Å². The van der Waals surface area contributed by atoms with Crippen LogP contribution in [-0.2, 0) is 12.0 Å². The van der Waals surface area contributed by atoms with Crippen LogP contribution in [-0.4, -0.2) is 10.1 Å². The summed E-state index contributed by atoms with van der Waals surface area (Å²) in [7, 11) is 0. The lowest BCUT2D eigenvalue weighted by atomic mass is 9.88. The van der Waals surface area contributed by atoms with E-state index in [9.17, 15) is 5.26 Å². The van der Waals surface area contributed by atoms with E-state index < -0.39 is 5.41 Å². The van der Waals surface area contributed by atoms with Crippen LogP contribution in [0, 0.1) is 11.3 Å². The zero-order chi connectivity index (χ0) is 14.0. The normalized spacial score (nSPS) is 17.0. The predicted molar refractivity (Wildman–Crippen MR) is 73.4 cm³/mol. The Morgan fingerprint density at radius 1 is 1.25 bits per heavy atom. The van der Waals surface area contributed by atoms with Crippen molar-refractivity contribution in [1.29, 1.82) is 5.26 Å². The van der Waals surface area contributed by atoms with Crippen LogP contribution in [0.1, 0.15) is 37.1 Å². The highest BCUT2D eigenvalue weighted by Crippen LogP contribution is 2.40. The van der Waals surface area contributed by atoms with Crippen LogP contribution in [0.15, 0.2) is 28.8 Å². The van der Waals surface area contributed by atoms with E-state index in [1.807, 2.05) is 24.3 Å². The van der Waals surface area contributed by atoms with Gasteiger partial charge >= 0.3 is 0 Å². The molecular weight excluding hydrogens is 252 g/mol. The summed E-state index contributed by atoms with van der Waals surface area (Å²) in [5.41, 5.74) is 6.93. The summed E-state index contributed by atoms with van der Waals surface area (Å²) in [4.78, 5) is 4.43. The first-order valence-electron chi connectivity index (χ1n) is 6.82. The number of nitrogens with zero attached hydrogens (tertiary/aromatic N) is 3. The Morgan fingerprint density at radius 3 is 2.55 bits per heavy atom. The summed E-state index contributed by atoms with van der Waals surface area (Å²) in [5, 5.41) is 13.4. The van der Waals surface area contributed by atoms with Crippen LogP contribution < -0.4 is 5.73 Å². The van der Waals surface area contributed by atoms with Gasteiger partial charge in [0.1, 0.15) is 5.41 Å². The van der Waals surface area contributed by atoms with E-state index >= 15 is 0 Å². The van der Waals surface area contributed by atoms with Crippen molar-refractivity contribution in [2.24, 2.45) is 5.73 Å². The smallest absolute Gasteiger partial charge is 0.247 e. The fourth-order valence-electron chi connectivity index (χ4n) is 2.68. The average Bonchev–Trinajstić information content (AvgIpc) is 3.17. The summed E-state index contributed by atoms with van der Waals surface area (Å²) in [6, 6.07) is 10.1. The Kier molecular flexibility index (Phi) is 3.25. The molecule has 0 saturated heterocycles. The van der Waals surface area contributed by atoms with Gasteiger partial charge in [0, 0.05) is 12.1 Å². The molecule has 1 saturated carbocycles. The zero-order valence-electron chi connectivity index (χ0n) is 11.2. The standard InChI is InChI=1S/C15H16N4O/c16-9-11-3-5-12(6-4-11)13-18-14(20-19-13)15(10-17)7-1-2-8-15/h3-6H,1-2,7-9,16H2. The van der Waals surface area contributed by atoms with Gasteiger partial charge in [0.05, 0.1) is 6.07 Å². The van der Waals surface area contributed by atoms with Crippen molar-refractivity contribution >= 4 is 0 Å². The molecule has 1 aliphatic rings. The molecule has 0 radical (unpaired) electrons. The molecule has 3 rings (SSSR count). The van der Waals surface area contributed by atoms with Gasteiger partial charge in [0.15, 0.2) is 0 Å². The Bertz CT molecular complexity index is 633. The number of hydrogen-bond donors (Lipinski definition) is 1. The van der Waals surface area contributed by atoms with Gasteiger partial charge < -0.3 is 10.3 Å². The monoisotopic (exact) mass is 268 g/mol. The van der Waals surface area contributed by atoms with Gasteiger partial charge in [-0.1, -0.05) is 42.3 Å². The van der Waals surface area contributed by atoms with Gasteiger partial charge in [-0.25, -0.2) is 0 Å². The van der Waals surface area contributed by atoms with E-state index in [-0.39, 0.29) is 0 Å². The van der Waals surface area contributed by atoms with Gasteiger partial charge in [-0.2, -0.15) is 10.2 Å². The first-order valence-corrected chi connectivity index (χ1v) is 6.82. The van der Waals surface area contributed by atoms with Crippen LogP contribution in [0.25, 0.3) is 11.4 Å². The molecule has 0 unspecified atom stereocenters. The molecule has 1 aromatic heterocycles. The largest absolute Gasteiger partial charge is 0.337 e. The maximum Gasteiger partial charge on any atom is 0.247 e. The summed E-state index contributed by atoms with van der Waals surface area (Å²) in [5.74, 6) is 0.987. The Hall–Kier alpha value is -2.19. The van der Waals surface area contributed by atoms with Crippen molar-refractivity contribution in [2.75, 3.05) is 0 Å². The molecule has 0 bridgehead atoms. The third-order valence-electron chi connectivity index (χ3n) is 3.95. The number of nitrogens with two attached hydrogens (primary N) is 1. The fraction of sp³-hybridized carbons (Fsp3) is 0.400. The molecule has 1 heterocycles. The quantitative estimate of drug-likeness (QED) is 0.923. The first-order chi connectivity index (χ1) is 9.77. The SMILES string of the molecule is N#CC1(c2nc(-c3ccc(CN)cc3)no2)CCCC1. The van der Waals surface area contributed by atoms with E-state index in [1.165, 1.54) is 0 Å². The molecule has 102 valence electrons. The van der Waals surface area contributed by atoms with E-state index in [0.717, 1.165) is 36.8 Å². The zero-order valence-corrected chi connectivity index (χ0v) is 11.2. The molecule has 2 N–H and O–H groups in total. The minimum Gasteiger partial charge on any atom is -0.337 e. The highest BCUT2D eigenvalue weighted by molar-refractivity contribution is 5.54. The minimum atomic E-state index is -0.581. The Balaban J connectivity index is 1.91. The molecule has 0 amide bonds. The lowest BCUT2D eigenvalue weighted by Gasteiger charge is -2.13. The van der Waals surface area contributed by atoms with Gasteiger partial charge in [-0.05, 0) is 18.4 Å². The molecule has 0 atom stereocenters. The van der Waals surface area contributed by atoms with Crippen molar-refractivity contribution in [1.82, 2.24) is 10.1 Å². The van der Waals surface area contributed by atoms with E-state index in [0.29, 0.717) is 18.3 Å². The van der Waals surface area contributed by atoms with Crippen molar-refractivity contribution in [3.8, 4) is 17.5 Å². The molecule has 0 spiro atoms. The minimum absolute atomic E-state index is 0.454. The number of hydrogen-bond acceptors (Lipinski definition) is 5. The summed E-state index contributed by atoms with van der Waals surface area (Å²) in [6.45, 7) is 0.509. The van der Waals surface area contributed by atoms with E-state index in [4.69, 9.17) is 10.3 Å². The van der Waals surface area contributed by atoms with Crippen molar-refractivity contribution in [3.05, 3.63) is 35.7 Å². The Morgan fingerprint density at radius 2 is 1.95 bits per heavy atom. The second-order valence-corrected chi connectivity index (χ2v) is 5.23. The third-order valence-corrected chi connectivity index (χ3v) is 3.95. The fourth-order valence-corrected chi connectivity index (χ4v) is 2.68. The van der Waals surface area contributed by atoms with Crippen LogP contribution in [0.4, 0.5) is 0 Å². The summed E-state index contributed by atoms with van der Waals surface area (Å²) in [6.07, 6.45) is 3.68. The first kappa shape index (κ1) is 12.8. The van der Waals surface area contributed by atoms with Crippen LogP contribution in [0.3, 0.4) is 0 Å². The number of benzene rings is 1. The van der Waals surface area contributed by atoms with Gasteiger partial charge in [-0.3, -0.25) is 0 Å². The highest BCUT2D eigenvalue weighted by atomic mass is 16.5. The topological polar surface area (TPSA) is 88.7 Å². The lowest BCUT2D eigenvalue weighted by Crippen LogP contribution is -2.19. The Labute approximate surface area is 117 Å². The number of nitriles is 1. The molecule has 5 heteroatoms. The molecule has 1 aromatic carbocycles. The van der Waals surface area contributed by atoms with Crippen LogP contribution >= 0.6 is 0 Å². The number of rotatable bonds is 3. The highest BCUT2D eigenvalue weighted by Gasteiger charge is 2.41. The van der Waals surface area contributed by atoms with Crippen molar-refractivity contribution in [3.63, 3.8) is 0 Å². The molecule has 1 fully saturated rings. The average molecular weight is 268 g/mol. The second-order valence-electron chi connectivity index (χ2n) is 5.23. The maximum absolute atomic E-state index is 9.43. The molecule has 5 nitrogen and oxygen atoms in total. The van der Waals surface area contributed by atoms with E-state index in [1.54, 1.807) is 0 Å². The molecule has 20 heavy (non-hydrogen) atoms. The molecule has 0 aliphatic heterocycles. The van der Waals surface area contributed by atoms with Crippen molar-refractivity contribution < 1.29 is 4.52 Å². The van der Waals surface area contributed by atoms with Gasteiger partial charge in [0.25, 0.3) is 0 Å². The lowest BCUT2D eigenvalue weighted by molar-refractivity contribution is 0.321. The van der Waals surface area contributed by atoms with Crippen LogP contribution in [0.2, 0.25) is 0 Å². The third kappa shape index (κ3) is 2.08. The molecular formula is C15H16N4O. The van der Waals surface area contributed by atoms with Crippen molar-refractivity contribution in [2.45, 2.75) is 37.6 Å². The number of aromatic nitrogens is 2. The maximum atomic E-state index is 9.43. The molecule has 1 aliphatic carbocycles. The van der Waals surface area contributed by atoms with Gasteiger partial charge in [-0.15, -0.1) is 0 Å². The summed E-state index contributed by atoms with van der Waals surface area (Å²) < 4.78 is 5.35. The predicted octanol–water partition coefficient (Wildman–Crippen LogP) is 2.53. The molecule has 2 aromatic rings. The van der Waals surface area contributed by atoms with Gasteiger partial charge in [0.2, 0.25) is 11.7 Å². The second kappa shape index (κ2) is 5.06. The summed E-state index contributed by atoms with van der Waals surface area (Å²) >= 11 is 0.